The molecule has 3 aromatic rings. The predicted molar refractivity (Wildman–Crippen MR) is 113 cm³/mol. The van der Waals surface area contributed by atoms with Crippen molar-refractivity contribution in [2.24, 2.45) is 11.8 Å². The number of alkyl halides is 3. The Kier molecular flexibility index (Phi) is 4.65. The number of nitrogens with zero attached hydrogens (tertiary/aromatic N) is 3. The van der Waals surface area contributed by atoms with E-state index in [9.17, 15) is 13.2 Å². The van der Waals surface area contributed by atoms with Gasteiger partial charge in [-0.25, -0.2) is 9.97 Å². The third kappa shape index (κ3) is 3.34. The van der Waals surface area contributed by atoms with E-state index in [1.165, 1.54) is 17.5 Å². The molecule has 0 unspecified atom stereocenters. The molecule has 168 valence electrons. The number of aromatic nitrogens is 3. The molecule has 0 spiro atoms. The minimum Gasteiger partial charge on any atom is -0.381 e. The molecule has 2 saturated heterocycles. The quantitative estimate of drug-likeness (QED) is 0.640. The molecular formula is C23H24F3N5O. The lowest BCUT2D eigenvalue weighted by atomic mass is 9.83. The van der Waals surface area contributed by atoms with Crippen LogP contribution in [0, 0.1) is 11.8 Å². The molecule has 6 rings (SSSR count). The van der Waals surface area contributed by atoms with Gasteiger partial charge in [-0.05, 0) is 30.0 Å². The number of halogens is 3. The fourth-order valence-corrected chi connectivity index (χ4v) is 5.66. The zero-order valence-corrected chi connectivity index (χ0v) is 17.4. The van der Waals surface area contributed by atoms with Crippen LogP contribution >= 0.6 is 0 Å². The van der Waals surface area contributed by atoms with Crippen molar-refractivity contribution < 1.29 is 17.9 Å². The molecule has 0 bridgehead atoms. The van der Waals surface area contributed by atoms with Gasteiger partial charge in [-0.15, -0.1) is 0 Å². The van der Waals surface area contributed by atoms with Crippen molar-refractivity contribution >= 4 is 16.9 Å². The molecule has 0 saturated carbocycles. The summed E-state index contributed by atoms with van der Waals surface area (Å²) in [5, 5.41) is 3.88. The topological polar surface area (TPSA) is 66.1 Å². The summed E-state index contributed by atoms with van der Waals surface area (Å²) < 4.78 is 45.5. The van der Waals surface area contributed by atoms with Crippen LogP contribution in [0.5, 0.6) is 0 Å². The van der Waals surface area contributed by atoms with E-state index in [4.69, 9.17) is 4.74 Å². The van der Waals surface area contributed by atoms with Gasteiger partial charge in [0.25, 0.3) is 0 Å². The highest BCUT2D eigenvalue weighted by Gasteiger charge is 2.43. The Hall–Kier alpha value is -2.65. The fraction of sp³-hybridized carbons (Fsp3) is 0.478. The van der Waals surface area contributed by atoms with Crippen molar-refractivity contribution in [3.05, 3.63) is 53.5 Å². The average Bonchev–Trinajstić information content (AvgIpc) is 3.48. The lowest BCUT2D eigenvalue weighted by Gasteiger charge is -2.40. The molecule has 32 heavy (non-hydrogen) atoms. The van der Waals surface area contributed by atoms with Gasteiger partial charge in [0.2, 0.25) is 0 Å². The van der Waals surface area contributed by atoms with Crippen molar-refractivity contribution in [1.29, 1.82) is 0 Å². The number of nitrogens with one attached hydrogen (secondary N) is 2. The van der Waals surface area contributed by atoms with E-state index in [0.717, 1.165) is 45.2 Å². The highest BCUT2D eigenvalue weighted by molar-refractivity contribution is 5.88. The van der Waals surface area contributed by atoms with Gasteiger partial charge in [0.1, 0.15) is 23.5 Å². The summed E-state index contributed by atoms with van der Waals surface area (Å²) in [6, 6.07) is 9.59. The second-order valence-corrected chi connectivity index (χ2v) is 9.10. The van der Waals surface area contributed by atoms with Crippen molar-refractivity contribution in [3.8, 4) is 0 Å². The molecule has 2 aliphatic heterocycles. The van der Waals surface area contributed by atoms with Crippen LogP contribution in [0.15, 0.2) is 36.7 Å². The maximum absolute atomic E-state index is 13.3. The van der Waals surface area contributed by atoms with Crippen LogP contribution in [0.4, 0.5) is 19.0 Å². The molecule has 0 amide bonds. The van der Waals surface area contributed by atoms with Gasteiger partial charge in [-0.2, -0.15) is 13.2 Å². The SMILES string of the molecule is FC(F)(F)c1cc2c(N[C@H]3c4ccccc4CC[C@@H]3N3C[C@H]4COC[C@@H]4C3)ncnc2[nH]1. The first-order valence-corrected chi connectivity index (χ1v) is 11.0. The first-order chi connectivity index (χ1) is 15.5. The molecule has 1 aromatic carbocycles. The van der Waals surface area contributed by atoms with Crippen LogP contribution in [0.25, 0.3) is 11.0 Å². The molecule has 2 N–H and O–H groups in total. The maximum Gasteiger partial charge on any atom is 0.431 e. The van der Waals surface area contributed by atoms with Gasteiger partial charge in [-0.1, -0.05) is 24.3 Å². The Morgan fingerprint density at radius 3 is 2.66 bits per heavy atom. The van der Waals surface area contributed by atoms with Crippen LogP contribution in [0.3, 0.4) is 0 Å². The lowest BCUT2D eigenvalue weighted by molar-refractivity contribution is -0.140. The minimum atomic E-state index is -4.46. The molecule has 6 nitrogen and oxygen atoms in total. The van der Waals surface area contributed by atoms with Gasteiger partial charge in [-0.3, -0.25) is 4.90 Å². The van der Waals surface area contributed by atoms with E-state index < -0.39 is 11.9 Å². The summed E-state index contributed by atoms with van der Waals surface area (Å²) in [7, 11) is 0. The van der Waals surface area contributed by atoms with Gasteiger partial charge >= 0.3 is 6.18 Å². The Morgan fingerprint density at radius 1 is 1.09 bits per heavy atom. The largest absolute Gasteiger partial charge is 0.431 e. The van der Waals surface area contributed by atoms with Crippen LogP contribution < -0.4 is 5.32 Å². The molecule has 3 aliphatic rings. The number of anilines is 1. The van der Waals surface area contributed by atoms with Crippen LogP contribution in [0.2, 0.25) is 0 Å². The molecule has 1 aliphatic carbocycles. The van der Waals surface area contributed by atoms with Gasteiger partial charge in [0, 0.05) is 31.0 Å². The smallest absolute Gasteiger partial charge is 0.381 e. The second-order valence-electron chi connectivity index (χ2n) is 9.10. The summed E-state index contributed by atoms with van der Waals surface area (Å²) in [5.74, 6) is 1.56. The molecule has 0 radical (unpaired) electrons. The highest BCUT2D eigenvalue weighted by Crippen LogP contribution is 2.41. The lowest BCUT2D eigenvalue weighted by Crippen LogP contribution is -2.44. The number of hydrogen-bond acceptors (Lipinski definition) is 5. The number of aromatic amines is 1. The minimum absolute atomic E-state index is 0.0676. The Morgan fingerprint density at radius 2 is 1.88 bits per heavy atom. The number of fused-ring (bicyclic) bond motifs is 3. The van der Waals surface area contributed by atoms with Gasteiger partial charge < -0.3 is 15.0 Å². The fourth-order valence-electron chi connectivity index (χ4n) is 5.66. The zero-order chi connectivity index (χ0) is 21.9. The second kappa shape index (κ2) is 7.45. The normalized spacial score (nSPS) is 28.1. The summed E-state index contributed by atoms with van der Waals surface area (Å²) in [4.78, 5) is 13.3. The van der Waals surface area contributed by atoms with Crippen LogP contribution in [-0.2, 0) is 17.3 Å². The van der Waals surface area contributed by atoms with E-state index in [2.05, 4.69) is 37.3 Å². The Bertz CT molecular complexity index is 1130. The van der Waals surface area contributed by atoms with E-state index >= 15 is 0 Å². The van der Waals surface area contributed by atoms with E-state index in [-0.39, 0.29) is 17.7 Å². The van der Waals surface area contributed by atoms with Crippen molar-refractivity contribution in [2.45, 2.75) is 31.1 Å². The van der Waals surface area contributed by atoms with E-state index in [1.807, 2.05) is 12.1 Å². The summed E-state index contributed by atoms with van der Waals surface area (Å²) >= 11 is 0. The molecule has 2 aromatic heterocycles. The summed E-state index contributed by atoms with van der Waals surface area (Å²) in [6.45, 7) is 3.63. The van der Waals surface area contributed by atoms with Gasteiger partial charge in [0.15, 0.2) is 0 Å². The van der Waals surface area contributed by atoms with Crippen molar-refractivity contribution in [2.75, 3.05) is 31.6 Å². The molecule has 2 fully saturated rings. The third-order valence-corrected chi connectivity index (χ3v) is 7.25. The number of hydrogen-bond donors (Lipinski definition) is 2. The number of rotatable bonds is 3. The summed E-state index contributed by atoms with van der Waals surface area (Å²) in [5.41, 5.74) is 1.84. The number of benzene rings is 1. The van der Waals surface area contributed by atoms with Crippen molar-refractivity contribution in [1.82, 2.24) is 19.9 Å². The molecule has 9 heteroatoms. The van der Waals surface area contributed by atoms with E-state index in [1.54, 1.807) is 0 Å². The first-order valence-electron chi connectivity index (χ1n) is 11.0. The van der Waals surface area contributed by atoms with Crippen LogP contribution in [-0.4, -0.2) is 52.2 Å². The molecule has 4 heterocycles. The Labute approximate surface area is 183 Å². The number of ether oxygens (including phenoxy) is 1. The summed E-state index contributed by atoms with van der Waals surface area (Å²) in [6.07, 6.45) is -1.18. The molecule has 4 atom stereocenters. The van der Waals surface area contributed by atoms with E-state index in [0.29, 0.717) is 23.0 Å². The number of H-pyrrole nitrogens is 1. The van der Waals surface area contributed by atoms with Crippen LogP contribution in [0.1, 0.15) is 29.3 Å². The zero-order valence-electron chi connectivity index (χ0n) is 17.4. The number of aryl methyl sites for hydroxylation is 1. The molecular weight excluding hydrogens is 419 g/mol. The maximum atomic E-state index is 13.3. The van der Waals surface area contributed by atoms with Crippen molar-refractivity contribution in [3.63, 3.8) is 0 Å². The predicted octanol–water partition coefficient (Wildman–Crippen LogP) is 4.02. The Balaban J connectivity index is 1.37. The average molecular weight is 443 g/mol. The first kappa shape index (κ1) is 20.0. The number of likely N-dealkylation sites (tertiary alicyclic amines) is 1. The monoisotopic (exact) mass is 443 g/mol. The third-order valence-electron chi connectivity index (χ3n) is 7.25. The van der Waals surface area contributed by atoms with Gasteiger partial charge in [0.05, 0.1) is 24.6 Å². The highest BCUT2D eigenvalue weighted by atomic mass is 19.4. The standard InChI is InChI=1S/C23H24F3N5O/c24-23(25,26)19-7-17-21(29-19)27-12-28-22(17)30-20-16-4-2-1-3-13(16)5-6-18(20)31-8-14-10-32-11-15(14)9-31/h1-4,7,12,14-15,18,20H,5-6,8-11H2,(H2,27,28,29,30)/t14-,15-,18-,20-/m0/s1.